The third-order valence-corrected chi connectivity index (χ3v) is 2.11. The van der Waals surface area contributed by atoms with Crippen molar-refractivity contribution in [2.24, 2.45) is 10.9 Å². The van der Waals surface area contributed by atoms with Crippen molar-refractivity contribution in [1.29, 1.82) is 0 Å². The van der Waals surface area contributed by atoms with Crippen LogP contribution in [0.25, 0.3) is 0 Å². The summed E-state index contributed by atoms with van der Waals surface area (Å²) in [6, 6.07) is -0.490. The van der Waals surface area contributed by atoms with Crippen LogP contribution in [0.4, 0.5) is 4.79 Å². The Labute approximate surface area is 75.2 Å². The van der Waals surface area contributed by atoms with E-state index in [1.54, 1.807) is 24.3 Å². The van der Waals surface area contributed by atoms with Gasteiger partial charge in [0, 0.05) is 7.05 Å². The van der Waals surface area contributed by atoms with E-state index in [1.807, 2.05) is 0 Å². The molecular weight excluding hydrogens is 168 g/mol. The molecule has 4 heteroatoms. The lowest BCUT2D eigenvalue weighted by Crippen LogP contribution is -2.43. The van der Waals surface area contributed by atoms with E-state index < -0.39 is 6.03 Å². The van der Waals surface area contributed by atoms with Crippen LogP contribution < -0.4 is 0 Å². The third-order valence-electron chi connectivity index (χ3n) is 2.11. The average molecular weight is 176 g/mol. The molecule has 0 radical (unpaired) electrons. The van der Waals surface area contributed by atoms with Gasteiger partial charge in [-0.3, -0.25) is 9.69 Å². The van der Waals surface area contributed by atoms with Crippen molar-refractivity contribution in [3.05, 3.63) is 24.3 Å². The summed E-state index contributed by atoms with van der Waals surface area (Å²) in [7, 11) is 1.44. The zero-order valence-corrected chi connectivity index (χ0v) is 7.10. The Bertz CT molecular complexity index is 366. The minimum Gasteiger partial charge on any atom is -0.273 e. The van der Waals surface area contributed by atoms with E-state index in [1.165, 1.54) is 7.05 Å². The van der Waals surface area contributed by atoms with Crippen LogP contribution in [0.2, 0.25) is 0 Å². The van der Waals surface area contributed by atoms with Gasteiger partial charge in [0.25, 0.3) is 0 Å². The highest BCUT2D eigenvalue weighted by atomic mass is 16.2. The molecule has 0 aromatic carbocycles. The van der Waals surface area contributed by atoms with Crippen molar-refractivity contribution >= 4 is 17.6 Å². The average Bonchev–Trinajstić information content (AvgIpc) is 2.15. The molecule has 2 aliphatic rings. The molecule has 13 heavy (non-hydrogen) atoms. The first kappa shape index (κ1) is 7.91. The molecule has 0 spiro atoms. The first-order valence-corrected chi connectivity index (χ1v) is 3.95. The van der Waals surface area contributed by atoms with E-state index in [-0.39, 0.29) is 11.8 Å². The zero-order chi connectivity index (χ0) is 9.42. The molecule has 1 atom stereocenters. The maximum absolute atomic E-state index is 11.5. The standard InChI is InChI=1S/C9H8N2O2/c1-11-8(12)6-4-2-3-5-7(6)10-9(11)13/h2-6H,1H3. The lowest BCUT2D eigenvalue weighted by molar-refractivity contribution is -0.128. The maximum Gasteiger partial charge on any atom is 0.350 e. The maximum atomic E-state index is 11.5. The minimum atomic E-state index is -0.490. The second kappa shape index (κ2) is 2.65. The second-order valence-electron chi connectivity index (χ2n) is 2.94. The number of amides is 3. The molecule has 0 aromatic heterocycles. The molecule has 0 aromatic rings. The number of imide groups is 1. The molecule has 1 aliphatic heterocycles. The van der Waals surface area contributed by atoms with Crippen molar-refractivity contribution in [3.63, 3.8) is 0 Å². The van der Waals surface area contributed by atoms with E-state index >= 15 is 0 Å². The van der Waals surface area contributed by atoms with Crippen LogP contribution in [-0.2, 0) is 4.79 Å². The number of allylic oxidation sites excluding steroid dienone is 3. The normalized spacial score (nSPS) is 26.1. The SMILES string of the molecule is CN1C(=O)N=C2C=CC=CC2C1=O. The second-order valence-corrected chi connectivity index (χ2v) is 2.94. The minimum absolute atomic E-state index is 0.212. The molecule has 0 saturated heterocycles. The van der Waals surface area contributed by atoms with Crippen molar-refractivity contribution in [1.82, 2.24) is 4.90 Å². The van der Waals surface area contributed by atoms with Crippen molar-refractivity contribution in [2.45, 2.75) is 0 Å². The highest BCUT2D eigenvalue weighted by Gasteiger charge is 2.32. The van der Waals surface area contributed by atoms with E-state index in [4.69, 9.17) is 0 Å². The number of rotatable bonds is 0. The molecular formula is C9H8N2O2. The van der Waals surface area contributed by atoms with Crippen LogP contribution >= 0.6 is 0 Å². The van der Waals surface area contributed by atoms with Crippen molar-refractivity contribution in [3.8, 4) is 0 Å². The Morgan fingerprint density at radius 2 is 2.15 bits per heavy atom. The van der Waals surface area contributed by atoms with Crippen LogP contribution in [0.3, 0.4) is 0 Å². The smallest absolute Gasteiger partial charge is 0.273 e. The molecule has 0 bridgehead atoms. The van der Waals surface area contributed by atoms with Gasteiger partial charge in [-0.15, -0.1) is 0 Å². The number of urea groups is 1. The van der Waals surface area contributed by atoms with Crippen LogP contribution in [0, 0.1) is 5.92 Å². The predicted molar refractivity (Wildman–Crippen MR) is 47.4 cm³/mol. The summed E-state index contributed by atoms with van der Waals surface area (Å²) in [5.74, 6) is -0.580. The number of hydrogen-bond donors (Lipinski definition) is 0. The lowest BCUT2D eigenvalue weighted by Gasteiger charge is -2.24. The molecule has 0 N–H and O–H groups in total. The van der Waals surface area contributed by atoms with Gasteiger partial charge < -0.3 is 0 Å². The van der Waals surface area contributed by atoms with Gasteiger partial charge in [-0.05, 0) is 6.08 Å². The van der Waals surface area contributed by atoms with Crippen LogP contribution in [-0.4, -0.2) is 29.6 Å². The number of fused-ring (bicyclic) bond motifs is 1. The van der Waals surface area contributed by atoms with Gasteiger partial charge in [-0.2, -0.15) is 4.99 Å². The topological polar surface area (TPSA) is 49.7 Å². The quantitative estimate of drug-likeness (QED) is 0.547. The zero-order valence-electron chi connectivity index (χ0n) is 7.10. The number of nitrogens with zero attached hydrogens (tertiary/aromatic N) is 2. The fraction of sp³-hybridized carbons (Fsp3) is 0.222. The summed E-state index contributed by atoms with van der Waals surface area (Å²) in [4.78, 5) is 27.4. The van der Waals surface area contributed by atoms with Crippen LogP contribution in [0.5, 0.6) is 0 Å². The molecule has 66 valence electrons. The number of carbonyl (C=O) groups is 2. The molecule has 0 saturated carbocycles. The van der Waals surface area contributed by atoms with Crippen LogP contribution in [0.1, 0.15) is 0 Å². The van der Waals surface area contributed by atoms with Gasteiger partial charge in [-0.1, -0.05) is 18.2 Å². The lowest BCUT2D eigenvalue weighted by atomic mass is 9.96. The van der Waals surface area contributed by atoms with E-state index in [0.717, 1.165) is 4.90 Å². The fourth-order valence-electron chi connectivity index (χ4n) is 1.34. The monoisotopic (exact) mass is 176 g/mol. The first-order valence-electron chi connectivity index (χ1n) is 3.95. The van der Waals surface area contributed by atoms with Gasteiger partial charge in [0.2, 0.25) is 5.91 Å². The Kier molecular flexibility index (Phi) is 1.62. The van der Waals surface area contributed by atoms with Gasteiger partial charge in [0.05, 0.1) is 11.6 Å². The van der Waals surface area contributed by atoms with E-state index in [9.17, 15) is 9.59 Å². The van der Waals surface area contributed by atoms with Crippen molar-refractivity contribution in [2.75, 3.05) is 7.05 Å². The van der Waals surface area contributed by atoms with Gasteiger partial charge in [0.1, 0.15) is 0 Å². The molecule has 2 rings (SSSR count). The number of carbonyl (C=O) groups excluding carboxylic acids is 2. The summed E-state index contributed by atoms with van der Waals surface area (Å²) in [6.45, 7) is 0. The summed E-state index contributed by atoms with van der Waals surface area (Å²) in [5, 5.41) is 0. The first-order chi connectivity index (χ1) is 6.20. The summed E-state index contributed by atoms with van der Waals surface area (Å²) in [6.07, 6.45) is 6.98. The highest BCUT2D eigenvalue weighted by Crippen LogP contribution is 2.17. The summed E-state index contributed by atoms with van der Waals surface area (Å²) >= 11 is 0. The summed E-state index contributed by atoms with van der Waals surface area (Å²) < 4.78 is 0. The van der Waals surface area contributed by atoms with Gasteiger partial charge in [-0.25, -0.2) is 4.79 Å². The molecule has 0 fully saturated rings. The Morgan fingerprint density at radius 1 is 1.38 bits per heavy atom. The largest absolute Gasteiger partial charge is 0.350 e. The van der Waals surface area contributed by atoms with Crippen molar-refractivity contribution < 1.29 is 9.59 Å². The Morgan fingerprint density at radius 3 is 2.92 bits per heavy atom. The molecule has 3 amide bonds. The number of hydrogen-bond acceptors (Lipinski definition) is 2. The Balaban J connectivity index is 2.46. The predicted octanol–water partition coefficient (Wildman–Crippen LogP) is 0.762. The third kappa shape index (κ3) is 1.11. The Hall–Kier alpha value is -1.71. The van der Waals surface area contributed by atoms with E-state index in [0.29, 0.717) is 5.71 Å². The fourth-order valence-corrected chi connectivity index (χ4v) is 1.34. The summed E-state index contributed by atoms with van der Waals surface area (Å²) in [5.41, 5.74) is 0.538. The van der Waals surface area contributed by atoms with E-state index in [2.05, 4.69) is 4.99 Å². The van der Waals surface area contributed by atoms with Gasteiger partial charge >= 0.3 is 6.03 Å². The van der Waals surface area contributed by atoms with Gasteiger partial charge in [0.15, 0.2) is 0 Å². The molecule has 1 heterocycles. The van der Waals surface area contributed by atoms with Crippen LogP contribution in [0.15, 0.2) is 29.3 Å². The number of aliphatic imine (C=N–C) groups is 1. The highest BCUT2D eigenvalue weighted by molar-refractivity contribution is 6.21. The molecule has 4 nitrogen and oxygen atoms in total. The molecule has 1 aliphatic carbocycles. The molecule has 1 unspecified atom stereocenters.